The number of aromatic nitrogens is 1. The molecule has 0 amide bonds. The van der Waals surface area contributed by atoms with E-state index in [0.29, 0.717) is 12.6 Å². The van der Waals surface area contributed by atoms with E-state index in [2.05, 4.69) is 36.3 Å². The molecule has 0 aliphatic carbocycles. The summed E-state index contributed by atoms with van der Waals surface area (Å²) in [5, 5.41) is 4.54. The molecule has 19 heavy (non-hydrogen) atoms. The summed E-state index contributed by atoms with van der Waals surface area (Å²) in [7, 11) is 0. The molecule has 3 heteroatoms. The summed E-state index contributed by atoms with van der Waals surface area (Å²) < 4.78 is 5.91. The number of hydrogen-bond acceptors (Lipinski definition) is 3. The molecule has 3 nitrogen and oxygen atoms in total. The molecule has 1 atom stereocenters. The first-order valence-corrected chi connectivity index (χ1v) is 6.93. The fourth-order valence-electron chi connectivity index (χ4n) is 2.00. The Kier molecular flexibility index (Phi) is 4.74. The first kappa shape index (κ1) is 13.8. The molecule has 0 aliphatic heterocycles. The van der Waals surface area contributed by atoms with Gasteiger partial charge in [-0.3, -0.25) is 0 Å². The quantitative estimate of drug-likeness (QED) is 0.863. The molecular formula is C16H22N2O. The van der Waals surface area contributed by atoms with Gasteiger partial charge in [0.25, 0.3) is 0 Å². The first-order valence-electron chi connectivity index (χ1n) is 6.93. The van der Waals surface area contributed by atoms with Crippen LogP contribution in [0.2, 0.25) is 0 Å². The largest absolute Gasteiger partial charge is 0.490 e. The Bertz CT molecular complexity index is 539. The molecule has 102 valence electrons. The fraction of sp³-hybridized carbons (Fsp3) is 0.438. The second-order valence-corrected chi connectivity index (χ2v) is 4.95. The highest BCUT2D eigenvalue weighted by Gasteiger charge is 2.06. The predicted molar refractivity (Wildman–Crippen MR) is 79.7 cm³/mol. The lowest BCUT2D eigenvalue weighted by molar-refractivity contribution is 0.276. The van der Waals surface area contributed by atoms with Crippen LogP contribution >= 0.6 is 0 Å². The Hall–Kier alpha value is -1.61. The van der Waals surface area contributed by atoms with E-state index in [-0.39, 0.29) is 0 Å². The average molecular weight is 258 g/mol. The van der Waals surface area contributed by atoms with Crippen molar-refractivity contribution >= 4 is 10.9 Å². The van der Waals surface area contributed by atoms with Gasteiger partial charge < -0.3 is 10.1 Å². The summed E-state index contributed by atoms with van der Waals surface area (Å²) in [4.78, 5) is 4.57. The molecule has 2 rings (SSSR count). The minimum absolute atomic E-state index is 0.347. The summed E-state index contributed by atoms with van der Waals surface area (Å²) in [5.41, 5.74) is 1.96. The van der Waals surface area contributed by atoms with Gasteiger partial charge in [-0.15, -0.1) is 0 Å². The molecule has 0 radical (unpaired) electrons. The Labute approximate surface area is 115 Å². The van der Waals surface area contributed by atoms with Gasteiger partial charge in [0, 0.05) is 17.1 Å². The van der Waals surface area contributed by atoms with E-state index in [0.717, 1.165) is 35.3 Å². The van der Waals surface area contributed by atoms with Crippen LogP contribution in [0.3, 0.4) is 0 Å². The van der Waals surface area contributed by atoms with Crippen LogP contribution in [0, 0.1) is 6.92 Å². The Morgan fingerprint density at radius 2 is 2.11 bits per heavy atom. The maximum absolute atomic E-state index is 5.91. The van der Waals surface area contributed by atoms with Crippen LogP contribution in [0.25, 0.3) is 10.9 Å². The van der Waals surface area contributed by atoms with Crippen molar-refractivity contribution < 1.29 is 4.74 Å². The van der Waals surface area contributed by atoms with Crippen molar-refractivity contribution in [1.29, 1.82) is 0 Å². The van der Waals surface area contributed by atoms with E-state index in [4.69, 9.17) is 4.74 Å². The van der Waals surface area contributed by atoms with Gasteiger partial charge in [-0.2, -0.15) is 0 Å². The number of para-hydroxylation sites is 1. The summed E-state index contributed by atoms with van der Waals surface area (Å²) in [6.07, 6.45) is 1.14. The highest BCUT2D eigenvalue weighted by molar-refractivity contribution is 5.84. The number of nitrogens with one attached hydrogen (secondary N) is 1. The lowest BCUT2D eigenvalue weighted by atomic mass is 10.2. The average Bonchev–Trinajstić information content (AvgIpc) is 2.42. The van der Waals surface area contributed by atoms with Crippen LogP contribution in [0.4, 0.5) is 0 Å². The zero-order chi connectivity index (χ0) is 13.7. The van der Waals surface area contributed by atoms with E-state index < -0.39 is 0 Å². The van der Waals surface area contributed by atoms with Crippen molar-refractivity contribution in [3.05, 3.63) is 36.0 Å². The number of hydrogen-bond donors (Lipinski definition) is 1. The van der Waals surface area contributed by atoms with E-state index in [1.807, 2.05) is 25.1 Å². The van der Waals surface area contributed by atoms with Crippen molar-refractivity contribution in [3.63, 3.8) is 0 Å². The standard InChI is InChI=1S/C16H22N2O/c1-4-10-17-13(3)11-19-15-7-5-6-14-9-8-12(2)18-16(14)15/h5-9,13,17H,4,10-11H2,1-3H3. The van der Waals surface area contributed by atoms with Gasteiger partial charge in [0.15, 0.2) is 0 Å². The normalized spacial score (nSPS) is 12.6. The number of aryl methyl sites for hydroxylation is 1. The third kappa shape index (κ3) is 3.67. The lowest BCUT2D eigenvalue weighted by Crippen LogP contribution is -2.32. The Morgan fingerprint density at radius 3 is 2.89 bits per heavy atom. The molecule has 2 aromatic rings. The molecule has 0 bridgehead atoms. The minimum atomic E-state index is 0.347. The second kappa shape index (κ2) is 6.53. The number of pyridine rings is 1. The van der Waals surface area contributed by atoms with Gasteiger partial charge in [-0.25, -0.2) is 4.98 Å². The van der Waals surface area contributed by atoms with Crippen LogP contribution < -0.4 is 10.1 Å². The van der Waals surface area contributed by atoms with Crippen LogP contribution in [0.15, 0.2) is 30.3 Å². The lowest BCUT2D eigenvalue weighted by Gasteiger charge is -2.15. The van der Waals surface area contributed by atoms with Gasteiger partial charge in [-0.1, -0.05) is 25.1 Å². The topological polar surface area (TPSA) is 34.1 Å². The number of rotatable bonds is 6. The van der Waals surface area contributed by atoms with Gasteiger partial charge >= 0.3 is 0 Å². The Morgan fingerprint density at radius 1 is 1.26 bits per heavy atom. The summed E-state index contributed by atoms with van der Waals surface area (Å²) in [6, 6.07) is 10.5. The monoisotopic (exact) mass is 258 g/mol. The number of fused-ring (bicyclic) bond motifs is 1. The summed E-state index contributed by atoms with van der Waals surface area (Å²) >= 11 is 0. The molecule has 1 N–H and O–H groups in total. The molecule has 1 heterocycles. The van der Waals surface area contributed by atoms with Crippen LogP contribution in [0.5, 0.6) is 5.75 Å². The number of benzene rings is 1. The first-order chi connectivity index (χ1) is 9.20. The van der Waals surface area contributed by atoms with Crippen molar-refractivity contribution in [2.45, 2.75) is 33.2 Å². The summed E-state index contributed by atoms with van der Waals surface area (Å²) in [6.45, 7) is 7.99. The third-order valence-electron chi connectivity index (χ3n) is 3.05. The van der Waals surface area contributed by atoms with Crippen LogP contribution in [0.1, 0.15) is 26.0 Å². The van der Waals surface area contributed by atoms with E-state index >= 15 is 0 Å². The van der Waals surface area contributed by atoms with Crippen molar-refractivity contribution in [3.8, 4) is 5.75 Å². The molecule has 1 aromatic heterocycles. The van der Waals surface area contributed by atoms with Gasteiger partial charge in [0.05, 0.1) is 0 Å². The van der Waals surface area contributed by atoms with Crippen molar-refractivity contribution in [2.75, 3.05) is 13.2 Å². The molecule has 1 aromatic carbocycles. The van der Waals surface area contributed by atoms with E-state index in [1.165, 1.54) is 0 Å². The summed E-state index contributed by atoms with van der Waals surface area (Å²) in [5.74, 6) is 0.867. The maximum atomic E-state index is 5.91. The molecule has 0 aliphatic rings. The van der Waals surface area contributed by atoms with Crippen LogP contribution in [-0.4, -0.2) is 24.2 Å². The maximum Gasteiger partial charge on any atom is 0.145 e. The van der Waals surface area contributed by atoms with E-state index in [1.54, 1.807) is 0 Å². The fourth-order valence-corrected chi connectivity index (χ4v) is 2.00. The van der Waals surface area contributed by atoms with Gasteiger partial charge in [0.1, 0.15) is 17.9 Å². The highest BCUT2D eigenvalue weighted by Crippen LogP contribution is 2.23. The van der Waals surface area contributed by atoms with Crippen LogP contribution in [-0.2, 0) is 0 Å². The van der Waals surface area contributed by atoms with Crippen molar-refractivity contribution in [2.24, 2.45) is 0 Å². The molecule has 1 unspecified atom stereocenters. The third-order valence-corrected chi connectivity index (χ3v) is 3.05. The molecule has 0 saturated heterocycles. The smallest absolute Gasteiger partial charge is 0.145 e. The highest BCUT2D eigenvalue weighted by atomic mass is 16.5. The Balaban J connectivity index is 2.10. The minimum Gasteiger partial charge on any atom is -0.490 e. The molecule has 0 saturated carbocycles. The van der Waals surface area contributed by atoms with Gasteiger partial charge in [-0.05, 0) is 38.9 Å². The van der Waals surface area contributed by atoms with Gasteiger partial charge in [0.2, 0.25) is 0 Å². The molecular weight excluding hydrogens is 236 g/mol. The zero-order valence-electron chi connectivity index (χ0n) is 11.9. The predicted octanol–water partition coefficient (Wildman–Crippen LogP) is 3.31. The number of nitrogens with zero attached hydrogens (tertiary/aromatic N) is 1. The molecule has 0 spiro atoms. The second-order valence-electron chi connectivity index (χ2n) is 4.95. The van der Waals surface area contributed by atoms with Crippen molar-refractivity contribution in [1.82, 2.24) is 10.3 Å². The molecule has 0 fully saturated rings. The SMILES string of the molecule is CCCNC(C)COc1cccc2ccc(C)nc12. The zero-order valence-corrected chi connectivity index (χ0v) is 11.9. The van der Waals surface area contributed by atoms with E-state index in [9.17, 15) is 0 Å². The number of ether oxygens (including phenoxy) is 1.